The Morgan fingerprint density at radius 1 is 1.40 bits per heavy atom. The third-order valence-electron chi connectivity index (χ3n) is 1.82. The molecule has 0 bridgehead atoms. The van der Waals surface area contributed by atoms with Crippen molar-refractivity contribution in [2.75, 3.05) is 0 Å². The molecule has 1 aromatic carbocycles. The zero-order valence-electron chi connectivity index (χ0n) is 8.27. The van der Waals surface area contributed by atoms with Crippen molar-refractivity contribution in [1.82, 2.24) is 0 Å². The molecule has 15 heavy (non-hydrogen) atoms. The van der Waals surface area contributed by atoms with Gasteiger partial charge in [-0.15, -0.1) is 0 Å². The van der Waals surface area contributed by atoms with Crippen LogP contribution in [0.3, 0.4) is 0 Å². The molecule has 1 rings (SSSR count). The van der Waals surface area contributed by atoms with Crippen LogP contribution < -0.4 is 0 Å². The number of allylic oxidation sites excluding steroid dienone is 2. The van der Waals surface area contributed by atoms with Crippen LogP contribution in [0.5, 0.6) is 0 Å². The minimum absolute atomic E-state index is 0.242. The summed E-state index contributed by atoms with van der Waals surface area (Å²) < 4.78 is 12.9. The monoisotopic (exact) mass is 206 g/mol. The second-order valence-corrected chi connectivity index (χ2v) is 3.07. The van der Waals surface area contributed by atoms with Gasteiger partial charge in [-0.05, 0) is 30.2 Å². The fourth-order valence-corrected chi connectivity index (χ4v) is 1.08. The van der Waals surface area contributed by atoms with Gasteiger partial charge >= 0.3 is 5.97 Å². The molecule has 2 nitrogen and oxygen atoms in total. The molecule has 0 spiro atoms. The summed E-state index contributed by atoms with van der Waals surface area (Å²) in [6.07, 6.45) is 5.76. The molecule has 1 aromatic rings. The van der Waals surface area contributed by atoms with Crippen LogP contribution >= 0.6 is 0 Å². The van der Waals surface area contributed by atoms with Crippen molar-refractivity contribution in [1.29, 1.82) is 0 Å². The molecule has 0 heterocycles. The molecular formula is C12H11FO2. The van der Waals surface area contributed by atoms with Gasteiger partial charge in [0.05, 0.1) is 0 Å². The van der Waals surface area contributed by atoms with Crippen molar-refractivity contribution in [2.45, 2.75) is 6.92 Å². The van der Waals surface area contributed by atoms with Crippen LogP contribution in [0.25, 0.3) is 6.08 Å². The first-order chi connectivity index (χ1) is 7.09. The van der Waals surface area contributed by atoms with Gasteiger partial charge in [-0.2, -0.15) is 0 Å². The molecule has 0 aliphatic carbocycles. The topological polar surface area (TPSA) is 37.3 Å². The Kier molecular flexibility index (Phi) is 3.80. The molecule has 0 amide bonds. The largest absolute Gasteiger partial charge is 0.478 e. The lowest BCUT2D eigenvalue weighted by molar-refractivity contribution is -0.131. The van der Waals surface area contributed by atoms with E-state index in [1.165, 1.54) is 12.1 Å². The van der Waals surface area contributed by atoms with E-state index in [-0.39, 0.29) is 5.82 Å². The van der Waals surface area contributed by atoms with E-state index >= 15 is 0 Å². The highest BCUT2D eigenvalue weighted by atomic mass is 19.1. The molecule has 0 fully saturated rings. The average Bonchev–Trinajstić information content (AvgIpc) is 2.18. The smallest absolute Gasteiger partial charge is 0.328 e. The highest BCUT2D eigenvalue weighted by molar-refractivity contribution is 5.80. The first-order valence-electron chi connectivity index (χ1n) is 4.43. The van der Waals surface area contributed by atoms with Gasteiger partial charge in [0.1, 0.15) is 5.82 Å². The maximum absolute atomic E-state index is 12.9. The van der Waals surface area contributed by atoms with Crippen molar-refractivity contribution in [2.24, 2.45) is 0 Å². The van der Waals surface area contributed by atoms with E-state index < -0.39 is 5.97 Å². The SMILES string of the molecule is Cc1cc(/C=C/C=C/C(=O)O)ccc1F. The summed E-state index contributed by atoms with van der Waals surface area (Å²) in [5.41, 5.74) is 1.41. The molecule has 0 aliphatic rings. The number of hydrogen-bond donors (Lipinski definition) is 1. The van der Waals surface area contributed by atoms with Gasteiger partial charge in [0, 0.05) is 6.08 Å². The fourth-order valence-electron chi connectivity index (χ4n) is 1.08. The Bertz CT molecular complexity index is 420. The number of halogens is 1. The van der Waals surface area contributed by atoms with Crippen LogP contribution in [0.4, 0.5) is 4.39 Å². The normalized spacial score (nSPS) is 11.3. The predicted molar refractivity (Wildman–Crippen MR) is 56.9 cm³/mol. The summed E-state index contributed by atoms with van der Waals surface area (Å²) in [7, 11) is 0. The number of carbonyl (C=O) groups is 1. The summed E-state index contributed by atoms with van der Waals surface area (Å²) in [6.45, 7) is 1.68. The molecular weight excluding hydrogens is 195 g/mol. The number of aliphatic carboxylic acids is 1. The van der Waals surface area contributed by atoms with Crippen molar-refractivity contribution >= 4 is 12.0 Å². The van der Waals surface area contributed by atoms with Crippen LogP contribution in [-0.2, 0) is 4.79 Å². The minimum atomic E-state index is -0.991. The van der Waals surface area contributed by atoms with Gasteiger partial charge in [0.25, 0.3) is 0 Å². The Morgan fingerprint density at radius 2 is 2.13 bits per heavy atom. The Labute approximate surface area is 87.4 Å². The lowest BCUT2D eigenvalue weighted by Gasteiger charge is -1.97. The summed E-state index contributed by atoms with van der Waals surface area (Å²) >= 11 is 0. The lowest BCUT2D eigenvalue weighted by atomic mass is 10.1. The quantitative estimate of drug-likeness (QED) is 0.610. The van der Waals surface area contributed by atoms with Crippen LogP contribution in [0.15, 0.2) is 36.4 Å². The summed E-state index contributed by atoms with van der Waals surface area (Å²) in [4.78, 5) is 10.1. The molecule has 0 saturated carbocycles. The number of rotatable bonds is 3. The van der Waals surface area contributed by atoms with Crippen LogP contribution in [0, 0.1) is 12.7 Å². The van der Waals surface area contributed by atoms with Gasteiger partial charge in [0.2, 0.25) is 0 Å². The van der Waals surface area contributed by atoms with Gasteiger partial charge in [-0.3, -0.25) is 0 Å². The Balaban J connectivity index is 2.73. The van der Waals surface area contributed by atoms with E-state index in [4.69, 9.17) is 5.11 Å². The van der Waals surface area contributed by atoms with Gasteiger partial charge in [-0.25, -0.2) is 9.18 Å². The Hall–Kier alpha value is -1.90. The van der Waals surface area contributed by atoms with Crippen molar-refractivity contribution < 1.29 is 14.3 Å². The van der Waals surface area contributed by atoms with E-state index in [0.29, 0.717) is 5.56 Å². The van der Waals surface area contributed by atoms with E-state index in [1.807, 2.05) is 0 Å². The number of carboxylic acids is 1. The molecule has 3 heteroatoms. The van der Waals surface area contributed by atoms with E-state index in [0.717, 1.165) is 11.6 Å². The lowest BCUT2D eigenvalue weighted by Crippen LogP contribution is -1.84. The number of benzene rings is 1. The molecule has 0 atom stereocenters. The second-order valence-electron chi connectivity index (χ2n) is 3.07. The molecule has 0 saturated heterocycles. The van der Waals surface area contributed by atoms with Crippen molar-refractivity contribution in [3.8, 4) is 0 Å². The molecule has 0 unspecified atom stereocenters. The first kappa shape index (κ1) is 11.2. The minimum Gasteiger partial charge on any atom is -0.478 e. The van der Waals surface area contributed by atoms with Crippen molar-refractivity contribution in [3.63, 3.8) is 0 Å². The summed E-state index contributed by atoms with van der Waals surface area (Å²) in [5.74, 6) is -1.23. The molecule has 0 aliphatic heterocycles. The van der Waals surface area contributed by atoms with E-state index in [9.17, 15) is 9.18 Å². The van der Waals surface area contributed by atoms with Crippen LogP contribution in [-0.4, -0.2) is 11.1 Å². The zero-order chi connectivity index (χ0) is 11.3. The maximum Gasteiger partial charge on any atom is 0.328 e. The highest BCUT2D eigenvalue weighted by Crippen LogP contribution is 2.10. The zero-order valence-corrected chi connectivity index (χ0v) is 8.27. The number of hydrogen-bond acceptors (Lipinski definition) is 1. The fraction of sp³-hybridized carbons (Fsp3) is 0.0833. The third kappa shape index (κ3) is 3.77. The maximum atomic E-state index is 12.9. The molecule has 0 aromatic heterocycles. The molecule has 1 N–H and O–H groups in total. The number of carboxylic acid groups (broad SMARTS) is 1. The van der Waals surface area contributed by atoms with Crippen LogP contribution in [0.1, 0.15) is 11.1 Å². The summed E-state index contributed by atoms with van der Waals surface area (Å²) in [5, 5.41) is 8.32. The standard InChI is InChI=1S/C12H11FO2/c1-9-8-10(6-7-11(9)13)4-2-3-5-12(14)15/h2-8H,1H3,(H,14,15)/b4-2+,5-3+. The first-order valence-corrected chi connectivity index (χ1v) is 4.43. The van der Waals surface area contributed by atoms with E-state index in [2.05, 4.69) is 0 Å². The highest BCUT2D eigenvalue weighted by Gasteiger charge is 1.95. The second kappa shape index (κ2) is 5.10. The van der Waals surface area contributed by atoms with Gasteiger partial charge in [-0.1, -0.05) is 24.3 Å². The predicted octanol–water partition coefficient (Wildman–Crippen LogP) is 2.79. The van der Waals surface area contributed by atoms with E-state index in [1.54, 1.807) is 31.2 Å². The molecule has 0 radical (unpaired) electrons. The van der Waals surface area contributed by atoms with Crippen molar-refractivity contribution in [3.05, 3.63) is 53.4 Å². The summed E-state index contributed by atoms with van der Waals surface area (Å²) in [6, 6.07) is 4.71. The third-order valence-corrected chi connectivity index (χ3v) is 1.82. The molecule has 78 valence electrons. The van der Waals surface area contributed by atoms with Crippen LogP contribution in [0.2, 0.25) is 0 Å². The average molecular weight is 206 g/mol. The van der Waals surface area contributed by atoms with Gasteiger partial charge in [0.15, 0.2) is 0 Å². The Morgan fingerprint density at radius 3 is 2.73 bits per heavy atom. The number of aryl methyl sites for hydroxylation is 1. The van der Waals surface area contributed by atoms with Gasteiger partial charge < -0.3 is 5.11 Å².